The standard InChI is InChI=1S/C34H50O2S/c1-4-5-6-7-8-9-10-11-12-13-14-15-16-17-19-22-29-27-32(35-2)31(33(28-29)36-3)25-26-34(37)30-23-20-18-21-24-30/h18,20-21,23-28H,4-17,19,22H2,1-3H3. The summed E-state index contributed by atoms with van der Waals surface area (Å²) in [5, 5.41) is 0. The molecule has 0 aliphatic carbocycles. The van der Waals surface area contributed by atoms with Crippen LogP contribution in [0.2, 0.25) is 0 Å². The molecule has 2 aromatic carbocycles. The summed E-state index contributed by atoms with van der Waals surface area (Å²) in [7, 11) is 3.44. The minimum absolute atomic E-state index is 0.798. The molecule has 0 spiro atoms. The Morgan fingerprint density at radius 2 is 1.14 bits per heavy atom. The van der Waals surface area contributed by atoms with Gasteiger partial charge in [0.25, 0.3) is 0 Å². The molecule has 0 saturated carbocycles. The molecule has 0 atom stereocenters. The number of thiocarbonyl (C=S) groups is 1. The van der Waals surface area contributed by atoms with Gasteiger partial charge in [0.1, 0.15) is 11.5 Å². The highest BCUT2D eigenvalue weighted by Crippen LogP contribution is 2.33. The van der Waals surface area contributed by atoms with Crippen molar-refractivity contribution < 1.29 is 9.47 Å². The van der Waals surface area contributed by atoms with E-state index in [9.17, 15) is 0 Å². The molecule has 2 aromatic rings. The van der Waals surface area contributed by atoms with Gasteiger partial charge in [0.05, 0.1) is 19.8 Å². The fraction of sp³-hybridized carbons (Fsp3) is 0.559. The second-order valence-electron chi connectivity index (χ2n) is 10.2. The largest absolute Gasteiger partial charge is 0.496 e. The molecule has 0 aliphatic rings. The van der Waals surface area contributed by atoms with Crippen molar-refractivity contribution in [1.29, 1.82) is 0 Å². The van der Waals surface area contributed by atoms with Crippen LogP contribution in [0.15, 0.2) is 48.5 Å². The monoisotopic (exact) mass is 522 g/mol. The number of ether oxygens (including phenoxy) is 2. The van der Waals surface area contributed by atoms with Gasteiger partial charge in [-0.3, -0.25) is 0 Å². The van der Waals surface area contributed by atoms with Crippen molar-refractivity contribution in [1.82, 2.24) is 0 Å². The number of rotatable bonds is 21. The molecule has 0 fully saturated rings. The average molecular weight is 523 g/mol. The van der Waals surface area contributed by atoms with Crippen molar-refractivity contribution in [3.05, 3.63) is 65.2 Å². The normalized spacial score (nSPS) is 11.2. The van der Waals surface area contributed by atoms with Crippen LogP contribution in [0.25, 0.3) is 6.08 Å². The van der Waals surface area contributed by atoms with Gasteiger partial charge in [0, 0.05) is 4.86 Å². The maximum Gasteiger partial charge on any atom is 0.130 e. The number of unbranched alkanes of at least 4 members (excludes halogenated alkanes) is 14. The second kappa shape index (κ2) is 19.9. The molecule has 204 valence electrons. The van der Waals surface area contributed by atoms with Crippen LogP contribution in [0.4, 0.5) is 0 Å². The molecular formula is C34H50O2S. The molecule has 0 radical (unpaired) electrons. The van der Waals surface area contributed by atoms with Crippen LogP contribution in [0.3, 0.4) is 0 Å². The van der Waals surface area contributed by atoms with Crippen LogP contribution in [-0.2, 0) is 6.42 Å². The Bertz CT molecular complexity index is 878. The summed E-state index contributed by atoms with van der Waals surface area (Å²) in [5.41, 5.74) is 3.24. The zero-order valence-corrected chi connectivity index (χ0v) is 24.6. The van der Waals surface area contributed by atoms with E-state index in [1.54, 1.807) is 14.2 Å². The van der Waals surface area contributed by atoms with E-state index in [-0.39, 0.29) is 0 Å². The molecule has 0 bridgehead atoms. The zero-order chi connectivity index (χ0) is 26.6. The quantitative estimate of drug-likeness (QED) is 0.0703. The molecule has 0 aromatic heterocycles. The summed E-state index contributed by atoms with van der Waals surface area (Å²) in [6.45, 7) is 2.29. The molecule has 2 rings (SSSR count). The highest BCUT2D eigenvalue weighted by atomic mass is 32.1. The SMILES string of the molecule is CCCCCCCCCCCCCCCCCc1cc(OC)c(C=CC(=S)c2ccccc2)c(OC)c1. The van der Waals surface area contributed by atoms with Crippen LogP contribution >= 0.6 is 12.2 Å². The molecule has 0 heterocycles. The Balaban J connectivity index is 1.66. The predicted molar refractivity (Wildman–Crippen MR) is 165 cm³/mol. The third kappa shape index (κ3) is 12.8. The van der Waals surface area contributed by atoms with Crippen LogP contribution in [0.5, 0.6) is 11.5 Å². The minimum Gasteiger partial charge on any atom is -0.496 e. The van der Waals surface area contributed by atoms with Crippen molar-refractivity contribution in [2.24, 2.45) is 0 Å². The van der Waals surface area contributed by atoms with Gasteiger partial charge in [-0.15, -0.1) is 0 Å². The Morgan fingerprint density at radius 3 is 1.59 bits per heavy atom. The molecule has 0 amide bonds. The summed E-state index contributed by atoms with van der Waals surface area (Å²) in [6, 6.07) is 14.4. The van der Waals surface area contributed by atoms with Gasteiger partial charge >= 0.3 is 0 Å². The van der Waals surface area contributed by atoms with Crippen molar-refractivity contribution in [2.45, 2.75) is 110 Å². The van der Waals surface area contributed by atoms with E-state index in [4.69, 9.17) is 21.7 Å². The van der Waals surface area contributed by atoms with E-state index >= 15 is 0 Å². The van der Waals surface area contributed by atoms with Gasteiger partial charge in [-0.1, -0.05) is 139 Å². The summed E-state index contributed by atoms with van der Waals surface area (Å²) < 4.78 is 11.4. The first-order valence-corrected chi connectivity index (χ1v) is 15.1. The van der Waals surface area contributed by atoms with Crippen LogP contribution in [-0.4, -0.2) is 19.1 Å². The molecule has 3 heteroatoms. The fourth-order valence-electron chi connectivity index (χ4n) is 4.86. The summed E-state index contributed by atoms with van der Waals surface area (Å²) >= 11 is 5.58. The van der Waals surface area contributed by atoms with E-state index in [0.29, 0.717) is 0 Å². The topological polar surface area (TPSA) is 18.5 Å². The van der Waals surface area contributed by atoms with Crippen LogP contribution < -0.4 is 9.47 Å². The van der Waals surface area contributed by atoms with E-state index in [2.05, 4.69) is 19.1 Å². The Kier molecular flexibility index (Phi) is 16.7. The fourth-order valence-corrected chi connectivity index (χ4v) is 5.06. The number of allylic oxidation sites excluding steroid dienone is 1. The average Bonchev–Trinajstić information content (AvgIpc) is 2.94. The first-order chi connectivity index (χ1) is 18.2. The van der Waals surface area contributed by atoms with Crippen LogP contribution in [0, 0.1) is 0 Å². The van der Waals surface area contributed by atoms with Crippen LogP contribution in [0.1, 0.15) is 120 Å². The number of methoxy groups -OCH3 is 2. The van der Waals surface area contributed by atoms with E-state index in [0.717, 1.165) is 33.9 Å². The van der Waals surface area contributed by atoms with Crippen molar-refractivity contribution >= 4 is 23.2 Å². The third-order valence-corrected chi connectivity index (χ3v) is 7.50. The molecule has 0 aliphatic heterocycles. The molecule has 0 N–H and O–H groups in total. The predicted octanol–water partition coefficient (Wildman–Crippen LogP) is 10.5. The van der Waals surface area contributed by atoms with E-state index in [1.807, 2.05) is 42.5 Å². The third-order valence-electron chi connectivity index (χ3n) is 7.13. The number of hydrogen-bond acceptors (Lipinski definition) is 3. The molecule has 0 saturated heterocycles. The minimum atomic E-state index is 0.798. The highest BCUT2D eigenvalue weighted by molar-refractivity contribution is 7.81. The Hall–Kier alpha value is -2.13. The Labute approximate surface area is 232 Å². The smallest absolute Gasteiger partial charge is 0.130 e. The first-order valence-electron chi connectivity index (χ1n) is 14.7. The molecule has 37 heavy (non-hydrogen) atoms. The van der Waals surface area contributed by atoms with Gasteiger partial charge in [-0.05, 0) is 48.3 Å². The number of benzene rings is 2. The van der Waals surface area contributed by atoms with Crippen molar-refractivity contribution in [2.75, 3.05) is 14.2 Å². The maximum atomic E-state index is 5.72. The first kappa shape index (κ1) is 31.1. The zero-order valence-electron chi connectivity index (χ0n) is 23.7. The summed E-state index contributed by atoms with van der Waals surface area (Å²) in [5.74, 6) is 1.67. The van der Waals surface area contributed by atoms with Gasteiger partial charge in [0.15, 0.2) is 0 Å². The lowest BCUT2D eigenvalue weighted by molar-refractivity contribution is 0.391. The van der Waals surface area contributed by atoms with E-state index in [1.165, 1.54) is 102 Å². The Morgan fingerprint density at radius 1 is 0.676 bits per heavy atom. The van der Waals surface area contributed by atoms with Gasteiger partial charge in [-0.25, -0.2) is 0 Å². The lowest BCUT2D eigenvalue weighted by atomic mass is 10.0. The maximum absolute atomic E-state index is 5.72. The lowest BCUT2D eigenvalue weighted by Gasteiger charge is -2.13. The molecular weight excluding hydrogens is 472 g/mol. The highest BCUT2D eigenvalue weighted by Gasteiger charge is 2.11. The molecule has 0 unspecified atom stereocenters. The lowest BCUT2D eigenvalue weighted by Crippen LogP contribution is -1.97. The molecule has 2 nitrogen and oxygen atoms in total. The van der Waals surface area contributed by atoms with Gasteiger partial charge < -0.3 is 9.47 Å². The second-order valence-corrected chi connectivity index (χ2v) is 10.6. The van der Waals surface area contributed by atoms with Gasteiger partial charge in [-0.2, -0.15) is 0 Å². The van der Waals surface area contributed by atoms with Gasteiger partial charge in [0.2, 0.25) is 0 Å². The number of hydrogen-bond donors (Lipinski definition) is 0. The summed E-state index contributed by atoms with van der Waals surface area (Å²) in [4.78, 5) is 0.798. The van der Waals surface area contributed by atoms with E-state index < -0.39 is 0 Å². The van der Waals surface area contributed by atoms with Crippen molar-refractivity contribution in [3.8, 4) is 11.5 Å². The summed E-state index contributed by atoms with van der Waals surface area (Å²) in [6.07, 6.45) is 25.8. The number of aryl methyl sites for hydroxylation is 1. The van der Waals surface area contributed by atoms with Crippen molar-refractivity contribution in [3.63, 3.8) is 0 Å².